The highest BCUT2D eigenvalue weighted by Crippen LogP contribution is 2.15. The molecule has 0 saturated carbocycles. The number of piperazine rings is 1. The number of carbonyl (C=O) groups excluding carboxylic acids is 1. The standard InChI is InChI=1S/C16H20N4O3/c1-19-6-8-20(9-7-19)14(16(22)23)10-15(21)18-13-5-3-2-4-12(13)11-17/h2-5,14H,6-10H2,1H3,(H,18,21)(H,22,23). The fraction of sp³-hybridized carbons (Fsp3) is 0.438. The third-order valence-electron chi connectivity index (χ3n) is 3.96. The maximum absolute atomic E-state index is 12.2. The van der Waals surface area contributed by atoms with Crippen LogP contribution in [0, 0.1) is 11.3 Å². The zero-order valence-corrected chi connectivity index (χ0v) is 13.0. The molecule has 2 rings (SSSR count). The second kappa shape index (κ2) is 7.72. The van der Waals surface area contributed by atoms with Gasteiger partial charge in [0, 0.05) is 26.2 Å². The van der Waals surface area contributed by atoms with E-state index >= 15 is 0 Å². The molecule has 122 valence electrons. The van der Waals surface area contributed by atoms with Crippen LogP contribution >= 0.6 is 0 Å². The molecule has 1 amide bonds. The normalized spacial score (nSPS) is 17.2. The molecule has 0 bridgehead atoms. The summed E-state index contributed by atoms with van der Waals surface area (Å²) in [7, 11) is 1.98. The molecule has 1 aromatic carbocycles. The number of amides is 1. The fourth-order valence-corrected chi connectivity index (χ4v) is 2.57. The Labute approximate surface area is 135 Å². The summed E-state index contributed by atoms with van der Waals surface area (Å²) in [5.74, 6) is -1.41. The first kappa shape index (κ1) is 16.9. The molecule has 1 fully saturated rings. The molecule has 7 nitrogen and oxygen atoms in total. The average Bonchev–Trinajstić information content (AvgIpc) is 2.54. The van der Waals surface area contributed by atoms with Crippen molar-refractivity contribution < 1.29 is 14.7 Å². The van der Waals surface area contributed by atoms with Crippen LogP contribution in [0.5, 0.6) is 0 Å². The Kier molecular flexibility index (Phi) is 5.68. The average molecular weight is 316 g/mol. The number of likely N-dealkylation sites (N-methyl/N-ethyl adjacent to an activating group) is 1. The number of nitrogens with zero attached hydrogens (tertiary/aromatic N) is 3. The number of hydrogen-bond acceptors (Lipinski definition) is 5. The molecule has 1 unspecified atom stereocenters. The van der Waals surface area contributed by atoms with Gasteiger partial charge in [0.2, 0.25) is 5.91 Å². The number of carboxylic acids is 1. The lowest BCUT2D eigenvalue weighted by Crippen LogP contribution is -2.52. The van der Waals surface area contributed by atoms with Gasteiger partial charge in [0.25, 0.3) is 0 Å². The maximum Gasteiger partial charge on any atom is 0.321 e. The monoisotopic (exact) mass is 316 g/mol. The SMILES string of the molecule is CN1CCN(C(CC(=O)Nc2ccccc2C#N)C(=O)O)CC1. The van der Waals surface area contributed by atoms with E-state index in [1.54, 1.807) is 24.3 Å². The number of carbonyl (C=O) groups is 2. The minimum Gasteiger partial charge on any atom is -0.480 e. The first-order valence-electron chi connectivity index (χ1n) is 7.45. The Morgan fingerprint density at radius 2 is 1.96 bits per heavy atom. The van der Waals surface area contributed by atoms with Gasteiger partial charge >= 0.3 is 5.97 Å². The van der Waals surface area contributed by atoms with E-state index in [1.807, 2.05) is 18.0 Å². The van der Waals surface area contributed by atoms with Crippen LogP contribution in [-0.4, -0.2) is 66.1 Å². The Hall–Kier alpha value is -2.43. The Morgan fingerprint density at radius 3 is 2.57 bits per heavy atom. The number of rotatable bonds is 5. The molecule has 0 radical (unpaired) electrons. The smallest absolute Gasteiger partial charge is 0.321 e. The van der Waals surface area contributed by atoms with Gasteiger partial charge in [-0.2, -0.15) is 5.26 Å². The highest BCUT2D eigenvalue weighted by atomic mass is 16.4. The number of aliphatic carboxylic acids is 1. The quantitative estimate of drug-likeness (QED) is 0.825. The zero-order chi connectivity index (χ0) is 16.8. The Morgan fingerprint density at radius 1 is 1.30 bits per heavy atom. The van der Waals surface area contributed by atoms with E-state index in [-0.39, 0.29) is 6.42 Å². The van der Waals surface area contributed by atoms with Crippen LogP contribution in [-0.2, 0) is 9.59 Å². The molecular weight excluding hydrogens is 296 g/mol. The first-order valence-corrected chi connectivity index (χ1v) is 7.45. The number of para-hydroxylation sites is 1. The van der Waals surface area contributed by atoms with Gasteiger partial charge in [-0.05, 0) is 19.2 Å². The summed E-state index contributed by atoms with van der Waals surface area (Å²) in [5.41, 5.74) is 0.759. The molecule has 1 aliphatic heterocycles. The van der Waals surface area contributed by atoms with Crippen molar-refractivity contribution in [2.24, 2.45) is 0 Å². The van der Waals surface area contributed by atoms with Crippen LogP contribution in [0.3, 0.4) is 0 Å². The fourth-order valence-electron chi connectivity index (χ4n) is 2.57. The number of anilines is 1. The molecule has 1 aliphatic rings. The van der Waals surface area contributed by atoms with E-state index < -0.39 is 17.9 Å². The molecule has 1 heterocycles. The predicted molar refractivity (Wildman–Crippen MR) is 84.9 cm³/mol. The maximum atomic E-state index is 12.2. The van der Waals surface area contributed by atoms with Crippen LogP contribution in [0.1, 0.15) is 12.0 Å². The minimum atomic E-state index is -1.00. The van der Waals surface area contributed by atoms with Crippen molar-refractivity contribution in [1.82, 2.24) is 9.80 Å². The topological polar surface area (TPSA) is 96.7 Å². The molecule has 1 aromatic rings. The van der Waals surface area contributed by atoms with Gasteiger partial charge in [0.05, 0.1) is 17.7 Å². The number of nitriles is 1. The van der Waals surface area contributed by atoms with E-state index in [0.29, 0.717) is 24.3 Å². The zero-order valence-electron chi connectivity index (χ0n) is 13.0. The van der Waals surface area contributed by atoms with Crippen LogP contribution in [0.15, 0.2) is 24.3 Å². The molecule has 0 spiro atoms. The molecular formula is C16H20N4O3. The van der Waals surface area contributed by atoms with Gasteiger partial charge < -0.3 is 15.3 Å². The van der Waals surface area contributed by atoms with Gasteiger partial charge in [-0.3, -0.25) is 14.5 Å². The van der Waals surface area contributed by atoms with Crippen LogP contribution in [0.2, 0.25) is 0 Å². The molecule has 0 aliphatic carbocycles. The summed E-state index contributed by atoms with van der Waals surface area (Å²) in [5, 5.41) is 21.1. The van der Waals surface area contributed by atoms with Crippen LogP contribution in [0.25, 0.3) is 0 Å². The third kappa shape index (κ3) is 4.52. The summed E-state index contributed by atoms with van der Waals surface area (Å²) in [6.07, 6.45) is -0.140. The Bertz CT molecular complexity index is 618. The molecule has 0 aromatic heterocycles. The summed E-state index contributed by atoms with van der Waals surface area (Å²) >= 11 is 0. The molecule has 7 heteroatoms. The molecule has 1 saturated heterocycles. The molecule has 23 heavy (non-hydrogen) atoms. The van der Waals surface area contributed by atoms with Crippen molar-refractivity contribution in [3.63, 3.8) is 0 Å². The second-order valence-electron chi connectivity index (χ2n) is 5.60. The highest BCUT2D eigenvalue weighted by Gasteiger charge is 2.30. The number of benzene rings is 1. The number of hydrogen-bond donors (Lipinski definition) is 2. The summed E-state index contributed by atoms with van der Waals surface area (Å²) in [6.45, 7) is 2.80. The summed E-state index contributed by atoms with van der Waals surface area (Å²) in [6, 6.07) is 7.80. The van der Waals surface area contributed by atoms with Crippen molar-refractivity contribution in [2.75, 3.05) is 38.5 Å². The summed E-state index contributed by atoms with van der Waals surface area (Å²) in [4.78, 5) is 27.6. The van der Waals surface area contributed by atoms with Gasteiger partial charge in [-0.15, -0.1) is 0 Å². The number of carboxylic acid groups (broad SMARTS) is 1. The van der Waals surface area contributed by atoms with Crippen molar-refractivity contribution >= 4 is 17.6 Å². The van der Waals surface area contributed by atoms with Gasteiger partial charge in [-0.25, -0.2) is 0 Å². The third-order valence-corrected chi connectivity index (χ3v) is 3.96. The lowest BCUT2D eigenvalue weighted by Gasteiger charge is -2.35. The lowest BCUT2D eigenvalue weighted by atomic mass is 10.1. The van der Waals surface area contributed by atoms with Crippen molar-refractivity contribution in [1.29, 1.82) is 5.26 Å². The Balaban J connectivity index is 2.01. The lowest BCUT2D eigenvalue weighted by molar-refractivity contribution is -0.145. The van der Waals surface area contributed by atoms with E-state index in [9.17, 15) is 14.7 Å². The largest absolute Gasteiger partial charge is 0.480 e. The molecule has 1 atom stereocenters. The highest BCUT2D eigenvalue weighted by molar-refractivity contribution is 5.95. The van der Waals surface area contributed by atoms with Crippen molar-refractivity contribution in [3.05, 3.63) is 29.8 Å². The van der Waals surface area contributed by atoms with Gasteiger partial charge in [0.15, 0.2) is 0 Å². The predicted octanol–water partition coefficient (Wildman–Crippen LogP) is 0.587. The molecule has 2 N–H and O–H groups in total. The van der Waals surface area contributed by atoms with E-state index in [1.165, 1.54) is 0 Å². The van der Waals surface area contributed by atoms with Crippen molar-refractivity contribution in [2.45, 2.75) is 12.5 Å². The van der Waals surface area contributed by atoms with E-state index in [2.05, 4.69) is 10.2 Å². The van der Waals surface area contributed by atoms with Gasteiger partial charge in [-0.1, -0.05) is 12.1 Å². The minimum absolute atomic E-state index is 0.140. The summed E-state index contributed by atoms with van der Waals surface area (Å²) < 4.78 is 0. The van der Waals surface area contributed by atoms with E-state index in [4.69, 9.17) is 5.26 Å². The number of nitrogens with one attached hydrogen (secondary N) is 1. The van der Waals surface area contributed by atoms with E-state index in [0.717, 1.165) is 13.1 Å². The first-order chi connectivity index (χ1) is 11.0. The van der Waals surface area contributed by atoms with Crippen molar-refractivity contribution in [3.8, 4) is 6.07 Å². The second-order valence-corrected chi connectivity index (χ2v) is 5.60. The van der Waals surface area contributed by atoms with Crippen LogP contribution < -0.4 is 5.32 Å². The van der Waals surface area contributed by atoms with Gasteiger partial charge in [0.1, 0.15) is 12.1 Å². The van der Waals surface area contributed by atoms with Crippen LogP contribution in [0.4, 0.5) is 5.69 Å².